The molecule has 0 saturated heterocycles. The lowest BCUT2D eigenvalue weighted by Gasteiger charge is -2.15. The van der Waals surface area contributed by atoms with Crippen molar-refractivity contribution in [2.24, 2.45) is 0 Å². The Kier molecular flexibility index (Phi) is 3.80. The SMILES string of the molecule is CCOc1ccccc1NC(=O)C1(c2cc(-c3ccco3)on2)CC1. The Morgan fingerprint density at radius 2 is 2.08 bits per heavy atom. The molecule has 0 spiro atoms. The highest BCUT2D eigenvalue weighted by Crippen LogP contribution is 2.49. The second-order valence-electron chi connectivity index (χ2n) is 6.02. The summed E-state index contributed by atoms with van der Waals surface area (Å²) in [4.78, 5) is 12.9. The number of ether oxygens (including phenoxy) is 1. The van der Waals surface area contributed by atoms with Crippen molar-refractivity contribution < 1.29 is 18.5 Å². The quantitative estimate of drug-likeness (QED) is 0.735. The van der Waals surface area contributed by atoms with Gasteiger partial charge in [0.05, 0.1) is 29.7 Å². The predicted octanol–water partition coefficient (Wildman–Crippen LogP) is 4.00. The Morgan fingerprint density at radius 3 is 2.80 bits per heavy atom. The Balaban J connectivity index is 1.56. The first-order chi connectivity index (χ1) is 12.2. The first-order valence-corrected chi connectivity index (χ1v) is 8.27. The molecule has 1 N–H and O–H groups in total. The molecule has 0 aliphatic heterocycles. The van der Waals surface area contributed by atoms with Crippen molar-refractivity contribution in [2.45, 2.75) is 25.2 Å². The van der Waals surface area contributed by atoms with E-state index in [2.05, 4.69) is 10.5 Å². The lowest BCUT2D eigenvalue weighted by atomic mass is 10.0. The van der Waals surface area contributed by atoms with Crippen molar-refractivity contribution in [2.75, 3.05) is 11.9 Å². The second-order valence-corrected chi connectivity index (χ2v) is 6.02. The van der Waals surface area contributed by atoms with E-state index >= 15 is 0 Å². The fraction of sp³-hybridized carbons (Fsp3) is 0.263. The number of amides is 1. The van der Waals surface area contributed by atoms with Crippen molar-refractivity contribution in [1.29, 1.82) is 0 Å². The van der Waals surface area contributed by atoms with Gasteiger partial charge in [0.2, 0.25) is 11.7 Å². The van der Waals surface area contributed by atoms with Gasteiger partial charge in [-0.05, 0) is 44.0 Å². The van der Waals surface area contributed by atoms with Crippen molar-refractivity contribution in [3.05, 3.63) is 54.4 Å². The Morgan fingerprint density at radius 1 is 1.24 bits per heavy atom. The molecule has 128 valence electrons. The Bertz CT molecular complexity index is 878. The zero-order chi connectivity index (χ0) is 17.3. The summed E-state index contributed by atoms with van der Waals surface area (Å²) in [5.74, 6) is 1.68. The number of anilines is 1. The van der Waals surface area contributed by atoms with E-state index in [-0.39, 0.29) is 5.91 Å². The molecule has 6 nitrogen and oxygen atoms in total. The van der Waals surface area contributed by atoms with Gasteiger partial charge in [-0.3, -0.25) is 4.79 Å². The monoisotopic (exact) mass is 338 g/mol. The number of carbonyl (C=O) groups excluding carboxylic acids is 1. The molecule has 1 aliphatic carbocycles. The molecule has 1 saturated carbocycles. The third-order valence-corrected chi connectivity index (χ3v) is 4.38. The normalized spacial score (nSPS) is 14.9. The Labute approximate surface area is 144 Å². The minimum atomic E-state index is -0.645. The van der Waals surface area contributed by atoms with Crippen LogP contribution < -0.4 is 10.1 Å². The summed E-state index contributed by atoms with van der Waals surface area (Å²) < 4.78 is 16.2. The number of aromatic nitrogens is 1. The first-order valence-electron chi connectivity index (χ1n) is 8.27. The maximum Gasteiger partial charge on any atom is 0.236 e. The van der Waals surface area contributed by atoms with Gasteiger partial charge in [-0.15, -0.1) is 0 Å². The van der Waals surface area contributed by atoms with Crippen LogP contribution in [0.3, 0.4) is 0 Å². The topological polar surface area (TPSA) is 77.5 Å². The van der Waals surface area contributed by atoms with E-state index in [9.17, 15) is 4.79 Å². The molecule has 0 unspecified atom stereocenters. The molecule has 2 aromatic heterocycles. The average Bonchev–Trinajstić information content (AvgIpc) is 3.04. The summed E-state index contributed by atoms with van der Waals surface area (Å²) in [5.41, 5.74) is 0.647. The van der Waals surface area contributed by atoms with Crippen molar-refractivity contribution in [3.8, 4) is 17.3 Å². The van der Waals surface area contributed by atoms with Gasteiger partial charge in [-0.2, -0.15) is 0 Å². The van der Waals surface area contributed by atoms with Crippen LogP contribution >= 0.6 is 0 Å². The lowest BCUT2D eigenvalue weighted by Crippen LogP contribution is -2.28. The summed E-state index contributed by atoms with van der Waals surface area (Å²) in [6, 6.07) is 12.8. The van der Waals surface area contributed by atoms with Crippen LogP contribution in [-0.2, 0) is 10.2 Å². The fourth-order valence-electron chi connectivity index (χ4n) is 2.85. The molecule has 0 radical (unpaired) electrons. The molecular weight excluding hydrogens is 320 g/mol. The molecule has 1 aliphatic rings. The van der Waals surface area contributed by atoms with Crippen LogP contribution in [-0.4, -0.2) is 17.7 Å². The highest BCUT2D eigenvalue weighted by atomic mass is 16.5. The van der Waals surface area contributed by atoms with Crippen molar-refractivity contribution >= 4 is 11.6 Å². The number of hydrogen-bond donors (Lipinski definition) is 1. The van der Waals surface area contributed by atoms with E-state index in [0.717, 1.165) is 12.8 Å². The van der Waals surface area contributed by atoms with E-state index in [1.807, 2.05) is 31.2 Å². The average molecular weight is 338 g/mol. The van der Waals surface area contributed by atoms with Gasteiger partial charge < -0.3 is 19.0 Å². The van der Waals surface area contributed by atoms with E-state index in [0.29, 0.717) is 35.3 Å². The van der Waals surface area contributed by atoms with Crippen LogP contribution in [0, 0.1) is 0 Å². The lowest BCUT2D eigenvalue weighted by molar-refractivity contribution is -0.118. The first kappa shape index (κ1) is 15.5. The molecule has 1 aromatic carbocycles. The number of carbonyl (C=O) groups is 1. The van der Waals surface area contributed by atoms with Crippen LogP contribution in [0.2, 0.25) is 0 Å². The maximum atomic E-state index is 12.9. The number of para-hydroxylation sites is 2. The van der Waals surface area contributed by atoms with Gasteiger partial charge in [-0.1, -0.05) is 17.3 Å². The zero-order valence-electron chi connectivity index (χ0n) is 13.8. The molecule has 3 aromatic rings. The molecular formula is C19H18N2O4. The van der Waals surface area contributed by atoms with Crippen LogP contribution in [0.1, 0.15) is 25.5 Å². The van der Waals surface area contributed by atoms with Crippen LogP contribution in [0.5, 0.6) is 5.75 Å². The fourth-order valence-corrected chi connectivity index (χ4v) is 2.85. The predicted molar refractivity (Wildman–Crippen MR) is 91.4 cm³/mol. The molecule has 0 bridgehead atoms. The van der Waals surface area contributed by atoms with Gasteiger partial charge >= 0.3 is 0 Å². The summed E-state index contributed by atoms with van der Waals surface area (Å²) >= 11 is 0. The van der Waals surface area contributed by atoms with Gasteiger partial charge in [0.1, 0.15) is 5.75 Å². The minimum Gasteiger partial charge on any atom is -0.492 e. The molecule has 2 heterocycles. The number of benzene rings is 1. The summed E-state index contributed by atoms with van der Waals surface area (Å²) in [7, 11) is 0. The molecule has 1 fully saturated rings. The van der Waals surface area contributed by atoms with Crippen molar-refractivity contribution in [1.82, 2.24) is 5.16 Å². The number of rotatable bonds is 6. The van der Waals surface area contributed by atoms with E-state index in [4.69, 9.17) is 13.7 Å². The smallest absolute Gasteiger partial charge is 0.236 e. The van der Waals surface area contributed by atoms with Gasteiger partial charge in [0.25, 0.3) is 0 Å². The van der Waals surface area contributed by atoms with E-state index < -0.39 is 5.41 Å². The standard InChI is InChI=1S/C19H18N2O4/c1-2-23-14-7-4-3-6-13(14)20-18(22)19(9-10-19)17-12-16(25-21-17)15-8-5-11-24-15/h3-8,11-12H,2,9-10H2,1H3,(H,20,22). The highest BCUT2D eigenvalue weighted by molar-refractivity contribution is 6.02. The summed E-state index contributed by atoms with van der Waals surface area (Å²) in [6.07, 6.45) is 3.04. The van der Waals surface area contributed by atoms with Gasteiger partial charge in [0, 0.05) is 6.07 Å². The molecule has 0 atom stereocenters. The van der Waals surface area contributed by atoms with Gasteiger partial charge in [-0.25, -0.2) is 0 Å². The molecule has 25 heavy (non-hydrogen) atoms. The Hall–Kier alpha value is -3.02. The second kappa shape index (κ2) is 6.12. The highest BCUT2D eigenvalue weighted by Gasteiger charge is 2.54. The number of hydrogen-bond acceptors (Lipinski definition) is 5. The third kappa shape index (κ3) is 2.80. The summed E-state index contributed by atoms with van der Waals surface area (Å²) in [6.45, 7) is 2.44. The number of nitrogens with one attached hydrogen (secondary N) is 1. The largest absolute Gasteiger partial charge is 0.492 e. The van der Waals surface area contributed by atoms with E-state index in [1.165, 1.54) is 0 Å². The van der Waals surface area contributed by atoms with Crippen LogP contribution in [0.15, 0.2) is 57.7 Å². The molecule has 6 heteroatoms. The third-order valence-electron chi connectivity index (χ3n) is 4.38. The number of furan rings is 1. The van der Waals surface area contributed by atoms with Gasteiger partial charge in [0.15, 0.2) is 5.76 Å². The summed E-state index contributed by atoms with van der Waals surface area (Å²) in [5, 5.41) is 7.07. The van der Waals surface area contributed by atoms with Crippen molar-refractivity contribution in [3.63, 3.8) is 0 Å². The molecule has 1 amide bonds. The molecule has 4 rings (SSSR count). The van der Waals surface area contributed by atoms with Crippen LogP contribution in [0.25, 0.3) is 11.5 Å². The maximum absolute atomic E-state index is 12.9. The zero-order valence-corrected chi connectivity index (χ0v) is 13.8. The van der Waals surface area contributed by atoms with E-state index in [1.54, 1.807) is 24.5 Å². The minimum absolute atomic E-state index is 0.0982. The number of nitrogens with zero attached hydrogens (tertiary/aromatic N) is 1. The van der Waals surface area contributed by atoms with Crippen LogP contribution in [0.4, 0.5) is 5.69 Å².